The Labute approximate surface area is 55.8 Å². The van der Waals surface area contributed by atoms with E-state index in [0.29, 0.717) is 0 Å². The molecule has 2 heteroatoms. The maximum atomic E-state index is 9.20. The maximum absolute atomic E-state index is 9.20. The van der Waals surface area contributed by atoms with E-state index >= 15 is 0 Å². The Morgan fingerprint density at radius 3 is 2.33 bits per heavy atom. The molecule has 2 nitrogen and oxygen atoms in total. The van der Waals surface area contributed by atoms with Crippen molar-refractivity contribution in [2.24, 2.45) is 0 Å². The molecule has 1 aliphatic rings. The zero-order chi connectivity index (χ0) is 6.91. The van der Waals surface area contributed by atoms with E-state index in [1.54, 1.807) is 6.92 Å². The van der Waals surface area contributed by atoms with Crippen LogP contribution < -0.4 is 0 Å². The Bertz CT molecular complexity index is 89.6. The third-order valence-electron chi connectivity index (χ3n) is 2.27. The minimum absolute atomic E-state index is 0.181. The molecule has 0 aromatic carbocycles. The number of ether oxygens (including phenoxy) is 1. The highest BCUT2D eigenvalue weighted by Crippen LogP contribution is 2.32. The molecule has 1 heterocycles. The van der Waals surface area contributed by atoms with E-state index in [1.165, 1.54) is 0 Å². The van der Waals surface area contributed by atoms with Crippen molar-refractivity contribution in [3.05, 3.63) is 0 Å². The topological polar surface area (TPSA) is 29.5 Å². The molecule has 9 heavy (non-hydrogen) atoms. The zero-order valence-corrected chi connectivity index (χ0v) is 6.05. The molecule has 0 aliphatic carbocycles. The van der Waals surface area contributed by atoms with E-state index < -0.39 is 0 Å². The summed E-state index contributed by atoms with van der Waals surface area (Å²) in [6, 6.07) is 0. The monoisotopic (exact) mass is 130 g/mol. The summed E-state index contributed by atoms with van der Waals surface area (Å²) >= 11 is 0. The third kappa shape index (κ3) is 0.970. The molecule has 0 bridgehead atoms. The van der Waals surface area contributed by atoms with Gasteiger partial charge in [-0.15, -0.1) is 0 Å². The van der Waals surface area contributed by atoms with Crippen LogP contribution in [0.4, 0.5) is 0 Å². The van der Waals surface area contributed by atoms with E-state index in [4.69, 9.17) is 4.74 Å². The van der Waals surface area contributed by atoms with Gasteiger partial charge in [-0.1, -0.05) is 6.92 Å². The summed E-state index contributed by atoms with van der Waals surface area (Å²) in [5.41, 5.74) is -0.181. The first kappa shape index (κ1) is 7.03. The summed E-state index contributed by atoms with van der Waals surface area (Å²) in [5, 5.41) is 9.20. The lowest BCUT2D eigenvalue weighted by atomic mass is 9.87. The largest absolute Gasteiger partial charge is 0.390 e. The average molecular weight is 130 g/mol. The van der Waals surface area contributed by atoms with Crippen molar-refractivity contribution in [2.45, 2.75) is 38.4 Å². The minimum atomic E-state index is -0.309. The lowest BCUT2D eigenvalue weighted by molar-refractivity contribution is -0.201. The lowest BCUT2D eigenvalue weighted by Gasteiger charge is -2.43. The molecule has 0 spiro atoms. The van der Waals surface area contributed by atoms with E-state index in [2.05, 4.69) is 0 Å². The molecule has 2 atom stereocenters. The standard InChI is InChI=1S/C7H14O2/c1-3-7(6(2)8)4-5-9-7/h6,8H,3-5H2,1-2H3. The molecule has 0 saturated carbocycles. The van der Waals surface area contributed by atoms with Gasteiger partial charge in [0.05, 0.1) is 18.3 Å². The minimum Gasteiger partial charge on any atom is -0.390 e. The van der Waals surface area contributed by atoms with Crippen molar-refractivity contribution >= 4 is 0 Å². The van der Waals surface area contributed by atoms with E-state index in [-0.39, 0.29) is 11.7 Å². The summed E-state index contributed by atoms with van der Waals surface area (Å²) in [6.07, 6.45) is 1.63. The number of aliphatic hydroxyl groups excluding tert-OH is 1. The lowest BCUT2D eigenvalue weighted by Crippen LogP contribution is -2.51. The number of rotatable bonds is 2. The first-order valence-corrected chi connectivity index (χ1v) is 3.53. The summed E-state index contributed by atoms with van der Waals surface area (Å²) in [5.74, 6) is 0. The fourth-order valence-electron chi connectivity index (χ4n) is 1.27. The Morgan fingerprint density at radius 1 is 1.78 bits per heavy atom. The van der Waals surface area contributed by atoms with Crippen molar-refractivity contribution < 1.29 is 9.84 Å². The summed E-state index contributed by atoms with van der Waals surface area (Å²) < 4.78 is 5.28. The van der Waals surface area contributed by atoms with Gasteiger partial charge < -0.3 is 9.84 Å². The molecule has 0 aromatic heterocycles. The van der Waals surface area contributed by atoms with Crippen molar-refractivity contribution in [1.82, 2.24) is 0 Å². The molecule has 0 aromatic rings. The number of hydrogen-bond acceptors (Lipinski definition) is 2. The fraction of sp³-hybridized carbons (Fsp3) is 1.00. The van der Waals surface area contributed by atoms with E-state index in [9.17, 15) is 5.11 Å². The van der Waals surface area contributed by atoms with Crippen LogP contribution >= 0.6 is 0 Å². The van der Waals surface area contributed by atoms with Crippen LogP contribution in [0.25, 0.3) is 0 Å². The van der Waals surface area contributed by atoms with Gasteiger partial charge in [0.2, 0.25) is 0 Å². The smallest absolute Gasteiger partial charge is 0.0956 e. The van der Waals surface area contributed by atoms with Crippen LogP contribution in [0.3, 0.4) is 0 Å². The Morgan fingerprint density at radius 2 is 2.33 bits per heavy atom. The molecule has 1 N–H and O–H groups in total. The van der Waals surface area contributed by atoms with Gasteiger partial charge in [-0.3, -0.25) is 0 Å². The molecule has 1 saturated heterocycles. The molecule has 54 valence electrons. The van der Waals surface area contributed by atoms with Gasteiger partial charge in [0.15, 0.2) is 0 Å². The SMILES string of the molecule is CCC1(C(C)O)CCO1. The Kier molecular flexibility index (Phi) is 1.78. The van der Waals surface area contributed by atoms with Crippen molar-refractivity contribution in [3.8, 4) is 0 Å². The van der Waals surface area contributed by atoms with Gasteiger partial charge >= 0.3 is 0 Å². The number of hydrogen-bond donors (Lipinski definition) is 1. The Hall–Kier alpha value is -0.0800. The maximum Gasteiger partial charge on any atom is 0.0956 e. The molecule has 0 amide bonds. The van der Waals surface area contributed by atoms with Crippen molar-refractivity contribution in [3.63, 3.8) is 0 Å². The molecular weight excluding hydrogens is 116 g/mol. The quantitative estimate of drug-likeness (QED) is 0.602. The zero-order valence-electron chi connectivity index (χ0n) is 6.05. The third-order valence-corrected chi connectivity index (χ3v) is 2.27. The van der Waals surface area contributed by atoms with E-state index in [1.807, 2.05) is 6.92 Å². The second kappa shape index (κ2) is 2.27. The molecule has 0 radical (unpaired) electrons. The molecule has 1 rings (SSSR count). The van der Waals surface area contributed by atoms with Gasteiger partial charge in [0.25, 0.3) is 0 Å². The van der Waals surface area contributed by atoms with Crippen LogP contribution in [0, 0.1) is 0 Å². The predicted molar refractivity (Wildman–Crippen MR) is 35.3 cm³/mol. The van der Waals surface area contributed by atoms with Gasteiger partial charge in [-0.2, -0.15) is 0 Å². The van der Waals surface area contributed by atoms with Crippen LogP contribution in [-0.4, -0.2) is 23.4 Å². The van der Waals surface area contributed by atoms with Crippen LogP contribution in [0.2, 0.25) is 0 Å². The average Bonchev–Trinajstić information content (AvgIpc) is 1.62. The highest BCUT2D eigenvalue weighted by molar-refractivity contribution is 4.90. The Balaban J connectivity index is 2.46. The molecule has 1 aliphatic heterocycles. The van der Waals surface area contributed by atoms with Crippen molar-refractivity contribution in [1.29, 1.82) is 0 Å². The van der Waals surface area contributed by atoms with Crippen LogP contribution in [0.15, 0.2) is 0 Å². The first-order valence-electron chi connectivity index (χ1n) is 3.53. The van der Waals surface area contributed by atoms with Crippen LogP contribution in [0.5, 0.6) is 0 Å². The van der Waals surface area contributed by atoms with Gasteiger partial charge in [0, 0.05) is 6.42 Å². The molecule has 2 unspecified atom stereocenters. The normalized spacial score (nSPS) is 37.7. The van der Waals surface area contributed by atoms with E-state index in [0.717, 1.165) is 19.4 Å². The van der Waals surface area contributed by atoms with Gasteiger partial charge in [-0.05, 0) is 13.3 Å². The summed E-state index contributed by atoms with van der Waals surface area (Å²) in [7, 11) is 0. The van der Waals surface area contributed by atoms with Gasteiger partial charge in [0.1, 0.15) is 0 Å². The van der Waals surface area contributed by atoms with Gasteiger partial charge in [-0.25, -0.2) is 0 Å². The van der Waals surface area contributed by atoms with Crippen LogP contribution in [0.1, 0.15) is 26.7 Å². The highest BCUT2D eigenvalue weighted by atomic mass is 16.5. The number of aliphatic hydroxyl groups is 1. The predicted octanol–water partition coefficient (Wildman–Crippen LogP) is 0.936. The summed E-state index contributed by atoms with van der Waals surface area (Å²) in [4.78, 5) is 0. The summed E-state index contributed by atoms with van der Waals surface area (Å²) in [6.45, 7) is 4.66. The second-order valence-electron chi connectivity index (χ2n) is 2.69. The highest BCUT2D eigenvalue weighted by Gasteiger charge is 2.40. The molecule has 1 fully saturated rings. The fourth-order valence-corrected chi connectivity index (χ4v) is 1.27. The second-order valence-corrected chi connectivity index (χ2v) is 2.69. The van der Waals surface area contributed by atoms with Crippen molar-refractivity contribution in [2.75, 3.05) is 6.61 Å². The van der Waals surface area contributed by atoms with Crippen LogP contribution in [-0.2, 0) is 4.74 Å². The first-order chi connectivity index (χ1) is 4.21. The molecular formula is C7H14O2.